The van der Waals surface area contributed by atoms with Crippen molar-refractivity contribution in [2.75, 3.05) is 0 Å². The van der Waals surface area contributed by atoms with E-state index in [1.165, 1.54) is 72.7 Å². The minimum atomic E-state index is 0.631. The Bertz CT molecular complexity index is 4230. The van der Waals surface area contributed by atoms with Crippen LogP contribution >= 0.6 is 22.7 Å². The van der Waals surface area contributed by atoms with Crippen LogP contribution in [0.15, 0.2) is 194 Å². The van der Waals surface area contributed by atoms with Crippen molar-refractivity contribution in [1.29, 1.82) is 0 Å². The summed E-state index contributed by atoms with van der Waals surface area (Å²) in [6.07, 6.45) is 0. The molecule has 6 heteroatoms. The molecule has 0 N–H and O–H groups in total. The molecule has 0 spiro atoms. The number of rotatable bonds is 4. The molecule has 4 aromatic heterocycles. The lowest BCUT2D eigenvalue weighted by molar-refractivity contribution is 1.07. The first kappa shape index (κ1) is 34.9. The van der Waals surface area contributed by atoms with Gasteiger partial charge in [-0.25, -0.2) is 15.0 Å². The number of nitrogens with zero attached hydrogens (tertiary/aromatic N) is 4. The summed E-state index contributed by atoms with van der Waals surface area (Å²) in [5, 5.41) is 14.5. The molecule has 14 rings (SSSR count). The molecule has 0 aliphatic carbocycles. The van der Waals surface area contributed by atoms with E-state index in [-0.39, 0.29) is 0 Å². The van der Waals surface area contributed by atoms with E-state index >= 15 is 0 Å². The van der Waals surface area contributed by atoms with Crippen molar-refractivity contribution in [3.63, 3.8) is 0 Å². The molecule has 0 bridgehead atoms. The summed E-state index contributed by atoms with van der Waals surface area (Å²) in [5.74, 6) is 1.93. The van der Waals surface area contributed by atoms with Gasteiger partial charge in [-0.05, 0) is 74.8 Å². The molecule has 14 aromatic rings. The maximum Gasteiger partial charge on any atom is 0.166 e. The molecular formula is C57H32N4S2. The summed E-state index contributed by atoms with van der Waals surface area (Å²) in [6, 6.07) is 70.2. The highest BCUT2D eigenvalue weighted by molar-refractivity contribution is 7.27. The van der Waals surface area contributed by atoms with E-state index in [0.29, 0.717) is 17.5 Å². The SMILES string of the molecule is c1ccc2cc3c(cc2c1)c1ccccc1n3-c1cc2c(cc1-c1nc(-c3cccc4ccccc34)nc(-c3cccc4c3sc3ccccc34)n1)sc1c3ccccc3ccc21. The summed E-state index contributed by atoms with van der Waals surface area (Å²) < 4.78 is 7.33. The zero-order valence-corrected chi connectivity index (χ0v) is 35.2. The Kier molecular flexibility index (Phi) is 7.40. The molecule has 0 fully saturated rings. The van der Waals surface area contributed by atoms with Gasteiger partial charge in [0, 0.05) is 67.8 Å². The fourth-order valence-electron chi connectivity index (χ4n) is 9.90. The Morgan fingerprint density at radius 1 is 0.302 bits per heavy atom. The summed E-state index contributed by atoms with van der Waals surface area (Å²) in [4.78, 5) is 16.5. The zero-order valence-electron chi connectivity index (χ0n) is 33.6. The number of hydrogen-bond donors (Lipinski definition) is 0. The molecule has 0 aliphatic heterocycles. The Morgan fingerprint density at radius 3 is 1.71 bits per heavy atom. The second-order valence-corrected chi connectivity index (χ2v) is 18.4. The van der Waals surface area contributed by atoms with Gasteiger partial charge >= 0.3 is 0 Å². The fourth-order valence-corrected chi connectivity index (χ4v) is 12.4. The summed E-state index contributed by atoms with van der Waals surface area (Å²) in [6.45, 7) is 0. The monoisotopic (exact) mass is 836 g/mol. The van der Waals surface area contributed by atoms with Gasteiger partial charge in [0.05, 0.1) is 16.7 Å². The van der Waals surface area contributed by atoms with Crippen molar-refractivity contribution in [3.8, 4) is 39.9 Å². The van der Waals surface area contributed by atoms with Gasteiger partial charge in [0.1, 0.15) is 0 Å². The van der Waals surface area contributed by atoms with Crippen LogP contribution in [0.25, 0.3) is 134 Å². The lowest BCUT2D eigenvalue weighted by atomic mass is 10.0. The highest BCUT2D eigenvalue weighted by atomic mass is 32.1. The Labute approximate surface area is 368 Å². The number of benzene rings is 10. The van der Waals surface area contributed by atoms with Crippen LogP contribution in [0.2, 0.25) is 0 Å². The number of fused-ring (bicyclic) bond motifs is 13. The topological polar surface area (TPSA) is 43.6 Å². The smallest absolute Gasteiger partial charge is 0.166 e. The predicted molar refractivity (Wildman–Crippen MR) is 269 cm³/mol. The average Bonchev–Trinajstić information content (AvgIpc) is 4.02. The van der Waals surface area contributed by atoms with Gasteiger partial charge in [-0.1, -0.05) is 152 Å². The minimum absolute atomic E-state index is 0.631. The lowest BCUT2D eigenvalue weighted by Crippen LogP contribution is -2.04. The first-order valence-electron chi connectivity index (χ1n) is 21.2. The Hall–Kier alpha value is -7.77. The molecule has 0 amide bonds. The molecule has 0 atom stereocenters. The van der Waals surface area contributed by atoms with Crippen molar-refractivity contribution in [1.82, 2.24) is 19.5 Å². The van der Waals surface area contributed by atoms with Crippen LogP contribution in [-0.4, -0.2) is 19.5 Å². The van der Waals surface area contributed by atoms with E-state index in [1.807, 2.05) is 11.3 Å². The number of thiophene rings is 2. The third-order valence-corrected chi connectivity index (χ3v) is 15.2. The van der Waals surface area contributed by atoms with Gasteiger partial charge in [0.2, 0.25) is 0 Å². The summed E-state index contributed by atoms with van der Waals surface area (Å²) in [5.41, 5.74) is 6.21. The van der Waals surface area contributed by atoms with Gasteiger partial charge in [0.25, 0.3) is 0 Å². The highest BCUT2D eigenvalue weighted by Crippen LogP contribution is 2.46. The van der Waals surface area contributed by atoms with E-state index in [1.54, 1.807) is 11.3 Å². The first-order valence-corrected chi connectivity index (χ1v) is 22.8. The van der Waals surface area contributed by atoms with Gasteiger partial charge in [-0.2, -0.15) is 0 Å². The Balaban J connectivity index is 1.13. The lowest BCUT2D eigenvalue weighted by Gasteiger charge is -2.16. The highest BCUT2D eigenvalue weighted by Gasteiger charge is 2.24. The average molecular weight is 837 g/mol. The van der Waals surface area contributed by atoms with Crippen molar-refractivity contribution in [2.24, 2.45) is 0 Å². The molecule has 10 aromatic carbocycles. The van der Waals surface area contributed by atoms with Crippen LogP contribution in [0.3, 0.4) is 0 Å². The molecule has 0 aliphatic rings. The van der Waals surface area contributed by atoms with Crippen molar-refractivity contribution in [3.05, 3.63) is 194 Å². The maximum atomic E-state index is 5.57. The molecule has 292 valence electrons. The van der Waals surface area contributed by atoms with Gasteiger partial charge < -0.3 is 4.57 Å². The van der Waals surface area contributed by atoms with Gasteiger partial charge in [-0.3, -0.25) is 0 Å². The normalized spacial score (nSPS) is 12.1. The second kappa shape index (κ2) is 13.4. The molecule has 4 nitrogen and oxygen atoms in total. The van der Waals surface area contributed by atoms with E-state index in [0.717, 1.165) is 44.2 Å². The van der Waals surface area contributed by atoms with Gasteiger partial charge in [0.15, 0.2) is 17.5 Å². The predicted octanol–water partition coefficient (Wildman–Crippen LogP) is 16.2. The van der Waals surface area contributed by atoms with Crippen LogP contribution < -0.4 is 0 Å². The zero-order chi connectivity index (χ0) is 41.2. The van der Waals surface area contributed by atoms with Crippen molar-refractivity contribution in [2.45, 2.75) is 0 Å². The van der Waals surface area contributed by atoms with E-state index in [4.69, 9.17) is 15.0 Å². The van der Waals surface area contributed by atoms with Crippen molar-refractivity contribution < 1.29 is 0 Å². The van der Waals surface area contributed by atoms with Crippen LogP contribution in [0.5, 0.6) is 0 Å². The molecule has 0 unspecified atom stereocenters. The van der Waals surface area contributed by atoms with Crippen LogP contribution in [-0.2, 0) is 0 Å². The second-order valence-electron chi connectivity index (χ2n) is 16.3. The van der Waals surface area contributed by atoms with Crippen LogP contribution in [0.4, 0.5) is 0 Å². The van der Waals surface area contributed by atoms with Crippen LogP contribution in [0, 0.1) is 0 Å². The summed E-state index contributed by atoms with van der Waals surface area (Å²) >= 11 is 3.64. The molecule has 0 radical (unpaired) electrons. The maximum absolute atomic E-state index is 5.57. The van der Waals surface area contributed by atoms with E-state index < -0.39 is 0 Å². The molecule has 4 heterocycles. The molecule has 63 heavy (non-hydrogen) atoms. The fraction of sp³-hybridized carbons (Fsp3) is 0. The third kappa shape index (κ3) is 5.23. The number of para-hydroxylation sites is 1. The Morgan fingerprint density at radius 2 is 0.873 bits per heavy atom. The number of aromatic nitrogens is 4. The van der Waals surface area contributed by atoms with E-state index in [9.17, 15) is 0 Å². The summed E-state index contributed by atoms with van der Waals surface area (Å²) in [7, 11) is 0. The molecular weight excluding hydrogens is 805 g/mol. The largest absolute Gasteiger partial charge is 0.308 e. The standard InChI is InChI=1S/C57H32N4S2/c1-2-16-36-30-49-45(29-35(36)15-1)39-20-7-9-25-48(39)61(49)50-31-46-42-28-27-34-14-4-6-19-38(34)53(42)63-52(46)32-47(50)57-59-55(43-23-11-17-33-13-3-5-18-37(33)43)58-56(60-57)44-24-12-22-41-40-21-8-10-26-51(40)62-54(41)44/h1-32H. The van der Waals surface area contributed by atoms with Crippen molar-refractivity contribution >= 4 is 117 Å². The minimum Gasteiger partial charge on any atom is -0.308 e. The first-order chi connectivity index (χ1) is 31.2. The number of hydrogen-bond acceptors (Lipinski definition) is 5. The van der Waals surface area contributed by atoms with Gasteiger partial charge in [-0.15, -0.1) is 22.7 Å². The quantitative estimate of drug-likeness (QED) is 0.177. The molecule has 0 saturated carbocycles. The molecule has 0 saturated heterocycles. The van der Waals surface area contributed by atoms with E-state index in [2.05, 4.69) is 199 Å². The third-order valence-electron chi connectivity index (χ3n) is 12.8. The van der Waals surface area contributed by atoms with Crippen LogP contribution in [0.1, 0.15) is 0 Å².